The standard InChI is InChI=1S/C50H72N2/c1-3-5-7-13-19-23-45-37-41(25-31-47(45)39-43-27-33-49(51)34-28-43)21-17-15-11-9-10-12-16-18-22-42-26-32-48(40-44-29-35-50(52)36-30-44)46(38-42)24-20-14-8-6-4-2/h25-38H,3-24,39-40,51-52H2,1-2H3. The van der Waals surface area contributed by atoms with Gasteiger partial charge in [-0.1, -0.05) is 164 Å². The molecule has 4 N–H and O–H groups in total. The van der Waals surface area contributed by atoms with Crippen molar-refractivity contribution in [1.82, 2.24) is 0 Å². The summed E-state index contributed by atoms with van der Waals surface area (Å²) in [6.07, 6.45) is 31.0. The van der Waals surface area contributed by atoms with Crippen LogP contribution < -0.4 is 11.5 Å². The summed E-state index contributed by atoms with van der Waals surface area (Å²) in [6, 6.07) is 31.6. The van der Waals surface area contributed by atoms with E-state index >= 15 is 0 Å². The monoisotopic (exact) mass is 701 g/mol. The minimum absolute atomic E-state index is 0.844. The van der Waals surface area contributed by atoms with Crippen LogP contribution in [0.25, 0.3) is 0 Å². The lowest BCUT2D eigenvalue weighted by Gasteiger charge is -2.13. The van der Waals surface area contributed by atoms with Crippen molar-refractivity contribution >= 4 is 11.4 Å². The molecule has 0 amide bonds. The molecule has 0 bridgehead atoms. The van der Waals surface area contributed by atoms with Crippen molar-refractivity contribution in [3.63, 3.8) is 0 Å². The Morgan fingerprint density at radius 2 is 0.615 bits per heavy atom. The number of rotatable bonds is 27. The highest BCUT2D eigenvalue weighted by Gasteiger charge is 2.09. The van der Waals surface area contributed by atoms with Crippen LogP contribution in [0.15, 0.2) is 84.9 Å². The van der Waals surface area contributed by atoms with Gasteiger partial charge < -0.3 is 11.5 Å². The third-order valence-electron chi connectivity index (χ3n) is 11.1. The largest absolute Gasteiger partial charge is 0.399 e. The summed E-state index contributed by atoms with van der Waals surface area (Å²) in [5.74, 6) is 0. The first-order valence-electron chi connectivity index (χ1n) is 21.4. The average molecular weight is 701 g/mol. The Morgan fingerprint density at radius 3 is 0.981 bits per heavy atom. The summed E-state index contributed by atoms with van der Waals surface area (Å²) in [5.41, 5.74) is 25.5. The van der Waals surface area contributed by atoms with Crippen molar-refractivity contribution in [2.75, 3.05) is 11.5 Å². The van der Waals surface area contributed by atoms with E-state index in [0.717, 1.165) is 24.2 Å². The van der Waals surface area contributed by atoms with Crippen LogP contribution in [0.2, 0.25) is 0 Å². The summed E-state index contributed by atoms with van der Waals surface area (Å²) < 4.78 is 0. The molecule has 0 unspecified atom stereocenters. The molecule has 2 nitrogen and oxygen atoms in total. The second-order valence-electron chi connectivity index (χ2n) is 15.7. The number of aryl methyl sites for hydroxylation is 4. The zero-order valence-corrected chi connectivity index (χ0v) is 33.2. The molecule has 0 spiro atoms. The van der Waals surface area contributed by atoms with Gasteiger partial charge >= 0.3 is 0 Å². The summed E-state index contributed by atoms with van der Waals surface area (Å²) in [4.78, 5) is 0. The lowest BCUT2D eigenvalue weighted by molar-refractivity contribution is 0.567. The van der Waals surface area contributed by atoms with Crippen molar-refractivity contribution in [3.05, 3.63) is 129 Å². The predicted molar refractivity (Wildman–Crippen MR) is 229 cm³/mol. The number of unbranched alkanes of at least 4 members (excludes halogenated alkanes) is 15. The molecular formula is C50H72N2. The third-order valence-corrected chi connectivity index (χ3v) is 11.1. The Morgan fingerprint density at radius 1 is 0.308 bits per heavy atom. The summed E-state index contributed by atoms with van der Waals surface area (Å²) in [5, 5.41) is 0. The van der Waals surface area contributed by atoms with Gasteiger partial charge in [-0.2, -0.15) is 0 Å². The SMILES string of the molecule is CCCCCCCc1cc(CCCCCCCCCCc2ccc(Cc3ccc(N)cc3)c(CCCCCCC)c2)ccc1Cc1ccc(N)cc1. The molecule has 0 saturated heterocycles. The van der Waals surface area contributed by atoms with Crippen molar-refractivity contribution in [2.45, 2.75) is 168 Å². The first-order valence-corrected chi connectivity index (χ1v) is 21.4. The van der Waals surface area contributed by atoms with Gasteiger partial charge in [0.25, 0.3) is 0 Å². The Balaban J connectivity index is 1.14. The molecule has 0 atom stereocenters. The van der Waals surface area contributed by atoms with Crippen molar-refractivity contribution < 1.29 is 0 Å². The van der Waals surface area contributed by atoms with Crippen molar-refractivity contribution in [3.8, 4) is 0 Å². The fourth-order valence-electron chi connectivity index (χ4n) is 7.75. The molecule has 0 aromatic heterocycles. The quantitative estimate of drug-likeness (QED) is 0.0480. The number of benzene rings is 4. The molecule has 52 heavy (non-hydrogen) atoms. The minimum Gasteiger partial charge on any atom is -0.399 e. The fourth-order valence-corrected chi connectivity index (χ4v) is 7.75. The van der Waals surface area contributed by atoms with E-state index in [4.69, 9.17) is 11.5 Å². The Hall–Kier alpha value is -3.52. The molecule has 0 saturated carbocycles. The molecule has 0 fully saturated rings. The molecule has 0 heterocycles. The van der Waals surface area contributed by atoms with Crippen LogP contribution >= 0.6 is 0 Å². The fraction of sp³-hybridized carbons (Fsp3) is 0.520. The number of anilines is 2. The smallest absolute Gasteiger partial charge is 0.0314 e. The van der Waals surface area contributed by atoms with Crippen molar-refractivity contribution in [2.24, 2.45) is 0 Å². The van der Waals surface area contributed by atoms with Gasteiger partial charge in [0.05, 0.1) is 0 Å². The Kier molecular flexibility index (Phi) is 19.6. The summed E-state index contributed by atoms with van der Waals surface area (Å²) in [7, 11) is 0. The van der Waals surface area contributed by atoms with E-state index in [9.17, 15) is 0 Å². The summed E-state index contributed by atoms with van der Waals surface area (Å²) >= 11 is 0. The summed E-state index contributed by atoms with van der Waals surface area (Å²) in [6.45, 7) is 4.60. The molecule has 282 valence electrons. The van der Waals surface area contributed by atoms with Crippen molar-refractivity contribution in [1.29, 1.82) is 0 Å². The van der Waals surface area contributed by atoms with Gasteiger partial charge in [0.1, 0.15) is 0 Å². The molecule has 0 aliphatic rings. The lowest BCUT2D eigenvalue weighted by atomic mass is 9.92. The van der Waals surface area contributed by atoms with Gasteiger partial charge in [-0.25, -0.2) is 0 Å². The van der Waals surface area contributed by atoms with Crippen LogP contribution in [0.3, 0.4) is 0 Å². The van der Waals surface area contributed by atoms with Crippen LogP contribution in [0.5, 0.6) is 0 Å². The maximum atomic E-state index is 5.95. The van der Waals surface area contributed by atoms with E-state index in [0.29, 0.717) is 0 Å². The van der Waals surface area contributed by atoms with Crippen LogP contribution in [0.1, 0.15) is 174 Å². The van der Waals surface area contributed by atoms with E-state index < -0.39 is 0 Å². The normalized spacial score (nSPS) is 11.3. The number of nitrogen functional groups attached to an aromatic ring is 2. The van der Waals surface area contributed by atoms with Gasteiger partial charge in [0.2, 0.25) is 0 Å². The molecule has 4 rings (SSSR count). The maximum absolute atomic E-state index is 5.95. The molecule has 4 aromatic rings. The van der Waals surface area contributed by atoms with Gasteiger partial charge in [0.15, 0.2) is 0 Å². The Bertz CT molecular complexity index is 1400. The van der Waals surface area contributed by atoms with Gasteiger partial charge in [-0.15, -0.1) is 0 Å². The van der Waals surface area contributed by atoms with E-state index in [2.05, 4.69) is 74.5 Å². The first-order chi connectivity index (χ1) is 25.5. The molecule has 0 aliphatic heterocycles. The lowest BCUT2D eigenvalue weighted by Crippen LogP contribution is -1.99. The van der Waals surface area contributed by atoms with E-state index in [1.807, 2.05) is 24.3 Å². The van der Waals surface area contributed by atoms with Crippen LogP contribution in [-0.4, -0.2) is 0 Å². The topological polar surface area (TPSA) is 52.0 Å². The van der Waals surface area contributed by atoms with Crippen LogP contribution in [0.4, 0.5) is 11.4 Å². The number of hydrogen-bond donors (Lipinski definition) is 2. The maximum Gasteiger partial charge on any atom is 0.0314 e. The van der Waals surface area contributed by atoms with Gasteiger partial charge in [0, 0.05) is 11.4 Å². The van der Waals surface area contributed by atoms with E-state index in [1.54, 1.807) is 11.1 Å². The van der Waals surface area contributed by atoms with Gasteiger partial charge in [-0.3, -0.25) is 0 Å². The van der Waals surface area contributed by atoms with E-state index in [1.165, 1.54) is 175 Å². The molecule has 4 aromatic carbocycles. The predicted octanol–water partition coefficient (Wildman–Crippen LogP) is 14.0. The molecule has 0 aliphatic carbocycles. The van der Waals surface area contributed by atoms with Crippen LogP contribution in [0, 0.1) is 0 Å². The Labute approximate surface area is 319 Å². The minimum atomic E-state index is 0.844. The molecule has 0 radical (unpaired) electrons. The third kappa shape index (κ3) is 16.0. The van der Waals surface area contributed by atoms with E-state index in [-0.39, 0.29) is 0 Å². The number of hydrogen-bond acceptors (Lipinski definition) is 2. The highest BCUT2D eigenvalue weighted by molar-refractivity contribution is 5.43. The average Bonchev–Trinajstić information content (AvgIpc) is 3.15. The molecular weight excluding hydrogens is 629 g/mol. The second-order valence-corrected chi connectivity index (χ2v) is 15.7. The second kappa shape index (κ2) is 24.7. The highest BCUT2D eigenvalue weighted by Crippen LogP contribution is 2.24. The van der Waals surface area contributed by atoms with Gasteiger partial charge in [-0.05, 0) is 133 Å². The zero-order chi connectivity index (χ0) is 36.6. The van der Waals surface area contributed by atoms with Crippen LogP contribution in [-0.2, 0) is 38.5 Å². The number of nitrogens with two attached hydrogens (primary N) is 2. The first kappa shape index (κ1) is 41.2. The molecule has 2 heteroatoms. The highest BCUT2D eigenvalue weighted by atomic mass is 14.5. The zero-order valence-electron chi connectivity index (χ0n) is 33.2.